The van der Waals surface area contributed by atoms with Gasteiger partial charge in [0.25, 0.3) is 0 Å². The van der Waals surface area contributed by atoms with Crippen molar-refractivity contribution in [2.45, 2.75) is 46.8 Å². The number of anilines is 3. The molecule has 2 aromatic heterocycles. The summed E-state index contributed by atoms with van der Waals surface area (Å²) in [6.45, 7) is 14.6. The number of rotatable bonds is 4. The topological polar surface area (TPSA) is 45.4 Å². The molecule has 5 nitrogen and oxygen atoms in total. The number of aryl methyl sites for hydroxylation is 1. The van der Waals surface area contributed by atoms with Crippen molar-refractivity contribution in [2.75, 3.05) is 9.80 Å². The molecule has 0 aliphatic carbocycles. The normalized spacial score (nSPS) is 16.6. The van der Waals surface area contributed by atoms with Crippen molar-refractivity contribution in [1.29, 1.82) is 0 Å². The minimum atomic E-state index is 0.0733. The van der Waals surface area contributed by atoms with Crippen LogP contribution in [0.1, 0.15) is 44.6 Å². The van der Waals surface area contributed by atoms with E-state index in [1.807, 2.05) is 13.0 Å². The number of furan rings is 1. The second-order valence-corrected chi connectivity index (χ2v) is 7.40. The zero-order valence-electron chi connectivity index (χ0n) is 17.1. The zero-order valence-corrected chi connectivity index (χ0v) is 17.1. The van der Waals surface area contributed by atoms with Gasteiger partial charge < -0.3 is 9.32 Å². The number of fused-ring (bicyclic) bond motifs is 2. The van der Waals surface area contributed by atoms with E-state index in [4.69, 9.17) is 4.42 Å². The van der Waals surface area contributed by atoms with Crippen LogP contribution in [0.4, 0.5) is 17.3 Å². The monoisotopic (exact) mass is 374 g/mol. The highest BCUT2D eigenvalue weighted by atomic mass is 16.3. The van der Waals surface area contributed by atoms with E-state index in [9.17, 15) is 0 Å². The van der Waals surface area contributed by atoms with E-state index in [2.05, 4.69) is 72.3 Å². The molecular weight excluding hydrogens is 348 g/mol. The van der Waals surface area contributed by atoms with Gasteiger partial charge in [0.2, 0.25) is 0 Å². The molecule has 144 valence electrons. The first-order valence-electron chi connectivity index (χ1n) is 9.69. The minimum absolute atomic E-state index is 0.0733. The van der Waals surface area contributed by atoms with Crippen molar-refractivity contribution in [3.63, 3.8) is 0 Å². The summed E-state index contributed by atoms with van der Waals surface area (Å²) in [6, 6.07) is 4.57. The van der Waals surface area contributed by atoms with Gasteiger partial charge in [-0.25, -0.2) is 9.97 Å². The fraction of sp³-hybridized carbons (Fsp3) is 0.304. The third-order valence-corrected chi connectivity index (χ3v) is 5.33. The van der Waals surface area contributed by atoms with E-state index in [-0.39, 0.29) is 6.17 Å². The van der Waals surface area contributed by atoms with Crippen molar-refractivity contribution in [1.82, 2.24) is 9.97 Å². The van der Waals surface area contributed by atoms with Crippen molar-refractivity contribution >= 4 is 40.4 Å². The van der Waals surface area contributed by atoms with Crippen LogP contribution < -0.4 is 9.80 Å². The molecule has 0 amide bonds. The van der Waals surface area contributed by atoms with Crippen molar-refractivity contribution in [3.8, 4) is 0 Å². The van der Waals surface area contributed by atoms with Crippen LogP contribution in [-0.2, 0) is 0 Å². The Kier molecular flexibility index (Phi) is 4.46. The molecule has 0 fully saturated rings. The number of hydrogen-bond acceptors (Lipinski definition) is 5. The molecule has 0 saturated heterocycles. The molecule has 0 bridgehead atoms. The number of benzene rings is 1. The Hall–Kier alpha value is -3.08. The van der Waals surface area contributed by atoms with Crippen molar-refractivity contribution in [3.05, 3.63) is 54.1 Å². The maximum absolute atomic E-state index is 6.31. The van der Waals surface area contributed by atoms with E-state index in [0.717, 1.165) is 45.2 Å². The van der Waals surface area contributed by atoms with E-state index in [0.29, 0.717) is 6.04 Å². The van der Waals surface area contributed by atoms with Gasteiger partial charge in [-0.15, -0.1) is 0 Å². The van der Waals surface area contributed by atoms with Crippen LogP contribution in [0.3, 0.4) is 0 Å². The van der Waals surface area contributed by atoms with Gasteiger partial charge in [0.05, 0.1) is 5.69 Å². The van der Waals surface area contributed by atoms with Crippen LogP contribution in [0.15, 0.2) is 41.6 Å². The first kappa shape index (κ1) is 18.3. The molecule has 1 aliphatic rings. The molecule has 0 radical (unpaired) electrons. The molecule has 5 heteroatoms. The van der Waals surface area contributed by atoms with Gasteiger partial charge >= 0.3 is 0 Å². The molecule has 28 heavy (non-hydrogen) atoms. The average Bonchev–Trinajstić information content (AvgIpc) is 3.17. The lowest BCUT2D eigenvalue weighted by Gasteiger charge is -2.32. The summed E-state index contributed by atoms with van der Waals surface area (Å²) in [5, 5.41) is 1.08. The number of allylic oxidation sites excluding steroid dienone is 1. The average molecular weight is 374 g/mol. The molecule has 0 N–H and O–H groups in total. The molecule has 0 spiro atoms. The van der Waals surface area contributed by atoms with Crippen LogP contribution in [-0.4, -0.2) is 22.2 Å². The van der Waals surface area contributed by atoms with Gasteiger partial charge in [0.1, 0.15) is 11.9 Å². The Labute approximate surface area is 166 Å². The van der Waals surface area contributed by atoms with E-state index >= 15 is 0 Å². The van der Waals surface area contributed by atoms with E-state index in [1.54, 1.807) is 18.5 Å². The second kappa shape index (κ2) is 6.82. The molecule has 0 saturated carbocycles. The van der Waals surface area contributed by atoms with Crippen LogP contribution in [0.25, 0.3) is 23.1 Å². The first-order valence-corrected chi connectivity index (χ1v) is 9.69. The fourth-order valence-corrected chi connectivity index (χ4v) is 4.19. The van der Waals surface area contributed by atoms with E-state index in [1.165, 1.54) is 0 Å². The lowest BCUT2D eigenvalue weighted by atomic mass is 10.1. The largest absolute Gasteiger partial charge is 0.454 e. The van der Waals surface area contributed by atoms with Gasteiger partial charge in [-0.2, -0.15) is 0 Å². The predicted octanol–water partition coefficient (Wildman–Crippen LogP) is 5.92. The summed E-state index contributed by atoms with van der Waals surface area (Å²) >= 11 is 0. The Morgan fingerprint density at radius 3 is 2.54 bits per heavy atom. The highest BCUT2D eigenvalue weighted by molar-refractivity contribution is 6.01. The number of hydrogen-bond donors (Lipinski definition) is 0. The molecule has 1 aliphatic heterocycles. The van der Waals surface area contributed by atoms with Crippen LogP contribution in [0.5, 0.6) is 0 Å². The van der Waals surface area contributed by atoms with Gasteiger partial charge in [-0.05, 0) is 46.3 Å². The van der Waals surface area contributed by atoms with Crippen LogP contribution >= 0.6 is 0 Å². The highest BCUT2D eigenvalue weighted by Gasteiger charge is 2.39. The van der Waals surface area contributed by atoms with Gasteiger partial charge in [0, 0.05) is 29.4 Å². The predicted molar refractivity (Wildman–Crippen MR) is 117 cm³/mol. The maximum Gasteiger partial charge on any atom is 0.178 e. The lowest BCUT2D eigenvalue weighted by Crippen LogP contribution is -2.42. The zero-order chi connectivity index (χ0) is 20.0. The third kappa shape index (κ3) is 2.53. The van der Waals surface area contributed by atoms with Crippen molar-refractivity contribution < 1.29 is 4.42 Å². The van der Waals surface area contributed by atoms with Gasteiger partial charge in [-0.1, -0.05) is 30.9 Å². The van der Waals surface area contributed by atoms with E-state index < -0.39 is 0 Å². The third-order valence-electron chi connectivity index (χ3n) is 5.33. The molecule has 3 aromatic rings. The molecule has 4 rings (SSSR count). The summed E-state index contributed by atoms with van der Waals surface area (Å²) in [6.07, 6.45) is 9.45. The summed E-state index contributed by atoms with van der Waals surface area (Å²) in [5.41, 5.74) is 4.09. The number of aromatic nitrogens is 2. The van der Waals surface area contributed by atoms with Gasteiger partial charge in [0.15, 0.2) is 17.2 Å². The molecule has 1 atom stereocenters. The Balaban J connectivity index is 2.02. The minimum Gasteiger partial charge on any atom is -0.454 e. The Bertz CT molecular complexity index is 1080. The fourth-order valence-electron chi connectivity index (χ4n) is 4.19. The highest BCUT2D eigenvalue weighted by Crippen LogP contribution is 2.47. The molecule has 0 unspecified atom stereocenters. The first-order chi connectivity index (χ1) is 13.5. The Morgan fingerprint density at radius 1 is 1.18 bits per heavy atom. The second-order valence-electron chi connectivity index (χ2n) is 7.40. The SMILES string of the molecule is C=Cc1oc2c(N3c4nccnc4N(C(C)C)[C@@H]3C)c(C)ccc2c1/C=C\C. The molecule has 3 heterocycles. The summed E-state index contributed by atoms with van der Waals surface area (Å²) < 4.78 is 6.31. The van der Waals surface area contributed by atoms with Crippen molar-refractivity contribution in [2.24, 2.45) is 0 Å². The van der Waals surface area contributed by atoms with Crippen LogP contribution in [0.2, 0.25) is 0 Å². The van der Waals surface area contributed by atoms with Gasteiger partial charge in [-0.3, -0.25) is 4.90 Å². The summed E-state index contributed by atoms with van der Waals surface area (Å²) in [5.74, 6) is 2.56. The smallest absolute Gasteiger partial charge is 0.178 e. The van der Waals surface area contributed by atoms with Crippen LogP contribution in [0, 0.1) is 6.92 Å². The lowest BCUT2D eigenvalue weighted by molar-refractivity contribution is 0.586. The maximum atomic E-state index is 6.31. The molecule has 1 aromatic carbocycles. The standard InChI is InChI=1S/C23H26N4O/c1-7-9-17-18-11-10-15(5)20(21(18)28-19(17)8-2)27-16(6)26(14(3)4)22-23(27)25-13-12-24-22/h7-14,16H,2H2,1,3-6H3/b9-7-/t16-/m0/s1. The quantitative estimate of drug-likeness (QED) is 0.567. The number of nitrogens with zero attached hydrogens (tertiary/aromatic N) is 4. The Morgan fingerprint density at radius 2 is 1.89 bits per heavy atom. The molecular formula is C23H26N4O. The summed E-state index contributed by atoms with van der Waals surface area (Å²) in [7, 11) is 0. The summed E-state index contributed by atoms with van der Waals surface area (Å²) in [4.78, 5) is 13.9.